The first-order valence-electron chi connectivity index (χ1n) is 4.36. The molecule has 0 aliphatic heterocycles. The van der Waals surface area contributed by atoms with Crippen LogP contribution in [0.3, 0.4) is 0 Å². The van der Waals surface area contributed by atoms with Crippen LogP contribution in [0.4, 0.5) is 0 Å². The van der Waals surface area contributed by atoms with Gasteiger partial charge in [-0.25, -0.2) is 0 Å². The molecule has 1 heterocycles. The molecule has 0 aliphatic carbocycles. The fourth-order valence-corrected chi connectivity index (χ4v) is 1.72. The van der Waals surface area contributed by atoms with Crippen LogP contribution >= 0.6 is 11.6 Å². The molecule has 0 atom stereocenters. The van der Waals surface area contributed by atoms with E-state index in [1.165, 1.54) is 10.9 Å². The largest absolute Gasteiger partial charge is 0.361 e. The number of fused-ring (bicyclic) bond motifs is 1. The number of hydrogen-bond acceptors (Lipinski definition) is 0. The van der Waals surface area contributed by atoms with E-state index in [9.17, 15) is 0 Å². The van der Waals surface area contributed by atoms with Gasteiger partial charge >= 0.3 is 0 Å². The molecule has 13 heavy (non-hydrogen) atoms. The van der Waals surface area contributed by atoms with Crippen molar-refractivity contribution < 1.29 is 0 Å². The lowest BCUT2D eigenvalue weighted by atomic mass is 10.1. The van der Waals surface area contributed by atoms with E-state index in [0.717, 1.165) is 23.4 Å². The lowest BCUT2D eigenvalue weighted by Gasteiger charge is -1.95. The Hall–Kier alpha value is -0.950. The monoisotopic (exact) mass is 192 g/mol. The number of rotatable bonds is 2. The Labute approximate surface area is 82.7 Å². The highest BCUT2D eigenvalue weighted by molar-refractivity contribution is 6.31. The number of H-pyrrole nitrogens is 1. The minimum atomic E-state index is 0.789. The normalized spacial score (nSPS) is 10.9. The molecule has 1 aromatic carbocycles. The van der Waals surface area contributed by atoms with Crippen LogP contribution in [0.1, 0.15) is 12.0 Å². The van der Waals surface area contributed by atoms with Gasteiger partial charge in [0.15, 0.2) is 0 Å². The van der Waals surface area contributed by atoms with Gasteiger partial charge in [-0.05, 0) is 36.6 Å². The number of halogens is 1. The van der Waals surface area contributed by atoms with Crippen molar-refractivity contribution in [1.29, 1.82) is 0 Å². The second-order valence-electron chi connectivity index (χ2n) is 3.11. The van der Waals surface area contributed by atoms with E-state index < -0.39 is 0 Å². The average molecular weight is 193 g/mol. The smallest absolute Gasteiger partial charge is 0.0457 e. The molecule has 2 aromatic rings. The van der Waals surface area contributed by atoms with Crippen LogP contribution in [0, 0.1) is 6.92 Å². The average Bonchev–Trinajstić information content (AvgIpc) is 2.49. The molecular formula is C11H11ClN. The van der Waals surface area contributed by atoms with Crippen LogP contribution in [0.5, 0.6) is 0 Å². The molecule has 1 radical (unpaired) electrons. The quantitative estimate of drug-likeness (QED) is 0.749. The van der Waals surface area contributed by atoms with E-state index in [1.54, 1.807) is 0 Å². The number of aromatic amines is 1. The van der Waals surface area contributed by atoms with E-state index in [-0.39, 0.29) is 0 Å². The third-order valence-corrected chi connectivity index (χ3v) is 2.41. The Balaban J connectivity index is 2.58. The van der Waals surface area contributed by atoms with Crippen molar-refractivity contribution in [1.82, 2.24) is 4.98 Å². The molecule has 2 rings (SSSR count). The molecule has 0 fully saturated rings. The third kappa shape index (κ3) is 1.56. The van der Waals surface area contributed by atoms with Crippen LogP contribution in [-0.2, 0) is 6.42 Å². The van der Waals surface area contributed by atoms with Gasteiger partial charge in [-0.3, -0.25) is 0 Å². The van der Waals surface area contributed by atoms with Gasteiger partial charge in [0.05, 0.1) is 0 Å². The summed E-state index contributed by atoms with van der Waals surface area (Å²) in [6.07, 6.45) is 3.95. The van der Waals surface area contributed by atoms with E-state index >= 15 is 0 Å². The van der Waals surface area contributed by atoms with E-state index in [0.29, 0.717) is 0 Å². The Morgan fingerprint density at radius 3 is 3.00 bits per heavy atom. The molecule has 1 nitrogen and oxygen atoms in total. The predicted octanol–water partition coefficient (Wildman–Crippen LogP) is 3.59. The molecule has 0 bridgehead atoms. The number of nitrogens with one attached hydrogen (secondary N) is 1. The lowest BCUT2D eigenvalue weighted by molar-refractivity contribution is 1.01. The molecule has 0 saturated heterocycles. The summed E-state index contributed by atoms with van der Waals surface area (Å²) in [7, 11) is 0. The molecule has 0 aliphatic rings. The van der Waals surface area contributed by atoms with Crippen LogP contribution in [-0.4, -0.2) is 4.98 Å². The molecule has 1 aromatic heterocycles. The second kappa shape index (κ2) is 3.43. The van der Waals surface area contributed by atoms with Crippen molar-refractivity contribution >= 4 is 22.5 Å². The van der Waals surface area contributed by atoms with E-state index in [4.69, 9.17) is 11.6 Å². The molecule has 2 heteroatoms. The zero-order valence-corrected chi connectivity index (χ0v) is 8.06. The van der Waals surface area contributed by atoms with Gasteiger partial charge in [-0.2, -0.15) is 0 Å². The summed E-state index contributed by atoms with van der Waals surface area (Å²) >= 11 is 5.92. The first-order chi connectivity index (χ1) is 6.31. The maximum absolute atomic E-state index is 5.92. The molecule has 0 saturated carbocycles. The molecule has 0 amide bonds. The fraction of sp³-hybridized carbons (Fsp3) is 0.182. The summed E-state index contributed by atoms with van der Waals surface area (Å²) in [5, 5.41) is 2.01. The van der Waals surface area contributed by atoms with Gasteiger partial charge in [-0.1, -0.05) is 18.5 Å². The fourth-order valence-electron chi connectivity index (χ4n) is 1.55. The van der Waals surface area contributed by atoms with Crippen LogP contribution < -0.4 is 0 Å². The maximum atomic E-state index is 5.92. The molecule has 0 spiro atoms. The Kier molecular flexibility index (Phi) is 2.28. The maximum Gasteiger partial charge on any atom is 0.0457 e. The number of aromatic nitrogens is 1. The van der Waals surface area contributed by atoms with Crippen LogP contribution in [0.25, 0.3) is 10.9 Å². The zero-order chi connectivity index (χ0) is 9.26. The predicted molar refractivity (Wildman–Crippen MR) is 57.0 cm³/mol. The first-order valence-corrected chi connectivity index (χ1v) is 4.74. The van der Waals surface area contributed by atoms with Crippen molar-refractivity contribution in [2.24, 2.45) is 0 Å². The Morgan fingerprint density at radius 2 is 2.23 bits per heavy atom. The highest BCUT2D eigenvalue weighted by Crippen LogP contribution is 2.22. The van der Waals surface area contributed by atoms with Gasteiger partial charge in [0.25, 0.3) is 0 Å². The lowest BCUT2D eigenvalue weighted by Crippen LogP contribution is -1.78. The summed E-state index contributed by atoms with van der Waals surface area (Å²) in [4.78, 5) is 3.21. The highest BCUT2D eigenvalue weighted by Gasteiger charge is 2.02. The van der Waals surface area contributed by atoms with E-state index in [2.05, 4.69) is 11.9 Å². The SMILES string of the molecule is [CH2]CCc1c[nH]c2ccc(Cl)cc12. The third-order valence-electron chi connectivity index (χ3n) is 2.18. The number of aryl methyl sites for hydroxylation is 1. The summed E-state index contributed by atoms with van der Waals surface area (Å²) in [6.45, 7) is 3.84. The Morgan fingerprint density at radius 1 is 1.38 bits per heavy atom. The first kappa shape index (κ1) is 8.64. The van der Waals surface area contributed by atoms with Crippen molar-refractivity contribution in [3.63, 3.8) is 0 Å². The highest BCUT2D eigenvalue weighted by atomic mass is 35.5. The minimum Gasteiger partial charge on any atom is -0.361 e. The topological polar surface area (TPSA) is 15.8 Å². The van der Waals surface area contributed by atoms with Gasteiger partial charge < -0.3 is 4.98 Å². The number of hydrogen-bond donors (Lipinski definition) is 1. The van der Waals surface area contributed by atoms with Crippen molar-refractivity contribution in [3.8, 4) is 0 Å². The second-order valence-corrected chi connectivity index (χ2v) is 3.54. The molecule has 67 valence electrons. The van der Waals surface area contributed by atoms with Gasteiger partial charge in [-0.15, -0.1) is 0 Å². The van der Waals surface area contributed by atoms with Crippen molar-refractivity contribution in [3.05, 3.63) is 41.9 Å². The zero-order valence-electron chi connectivity index (χ0n) is 7.31. The van der Waals surface area contributed by atoms with Crippen molar-refractivity contribution in [2.45, 2.75) is 12.8 Å². The van der Waals surface area contributed by atoms with Crippen LogP contribution in [0.2, 0.25) is 5.02 Å². The summed E-state index contributed by atoms with van der Waals surface area (Å²) < 4.78 is 0. The van der Waals surface area contributed by atoms with Crippen molar-refractivity contribution in [2.75, 3.05) is 0 Å². The number of benzene rings is 1. The molecule has 0 unspecified atom stereocenters. The summed E-state index contributed by atoms with van der Waals surface area (Å²) in [6, 6.07) is 5.90. The molecular weight excluding hydrogens is 182 g/mol. The summed E-state index contributed by atoms with van der Waals surface area (Å²) in [5.41, 5.74) is 2.44. The molecule has 1 N–H and O–H groups in total. The summed E-state index contributed by atoms with van der Waals surface area (Å²) in [5.74, 6) is 0. The van der Waals surface area contributed by atoms with Crippen LogP contribution in [0.15, 0.2) is 24.4 Å². The standard InChI is InChI=1S/C11H11ClN/c1-2-3-8-7-13-11-5-4-9(12)6-10(8)11/h4-7,13H,1-3H2. The van der Waals surface area contributed by atoms with Gasteiger partial charge in [0.1, 0.15) is 0 Å². The minimum absolute atomic E-state index is 0.789. The van der Waals surface area contributed by atoms with Gasteiger partial charge in [0, 0.05) is 22.1 Å². The van der Waals surface area contributed by atoms with Gasteiger partial charge in [0.2, 0.25) is 0 Å². The Bertz CT molecular complexity index is 417. The van der Waals surface area contributed by atoms with E-state index in [1.807, 2.05) is 24.4 Å².